The lowest BCUT2D eigenvalue weighted by atomic mass is 9.79. The Kier molecular flexibility index (Phi) is 7.28. The van der Waals surface area contributed by atoms with Gasteiger partial charge < -0.3 is 5.11 Å². The van der Waals surface area contributed by atoms with E-state index in [4.69, 9.17) is 0 Å². The molecule has 2 N–H and O–H groups in total. The molecule has 0 heterocycles. The van der Waals surface area contributed by atoms with Crippen LogP contribution in [0.1, 0.15) is 79.0 Å². The minimum Gasteiger partial charge on any atom is -0.507 e. The Bertz CT molecular complexity index is 783. The molecule has 1 aromatic carbocycles. The molecule has 154 valence electrons. The van der Waals surface area contributed by atoms with Crippen molar-refractivity contribution in [3.05, 3.63) is 28.8 Å². The first-order valence-corrected chi connectivity index (χ1v) is 11.1. The van der Waals surface area contributed by atoms with Crippen LogP contribution >= 0.6 is 0 Å². The van der Waals surface area contributed by atoms with Gasteiger partial charge >= 0.3 is 0 Å². The summed E-state index contributed by atoms with van der Waals surface area (Å²) in [4.78, 5) is 4.39. The van der Waals surface area contributed by atoms with Gasteiger partial charge in [-0.1, -0.05) is 47.6 Å². The topological polar surface area (TPSA) is 78.8 Å². The predicted molar refractivity (Wildman–Crippen MR) is 115 cm³/mol. The van der Waals surface area contributed by atoms with Crippen LogP contribution in [0.4, 0.5) is 0 Å². The van der Waals surface area contributed by atoms with Crippen molar-refractivity contribution in [1.82, 2.24) is 4.72 Å². The Morgan fingerprint density at radius 2 is 1.63 bits per heavy atom. The van der Waals surface area contributed by atoms with Crippen LogP contribution in [-0.2, 0) is 20.9 Å². The summed E-state index contributed by atoms with van der Waals surface area (Å²) in [5.41, 5.74) is 2.29. The van der Waals surface area contributed by atoms with Crippen LogP contribution in [0, 0.1) is 0 Å². The summed E-state index contributed by atoms with van der Waals surface area (Å²) in [5.74, 6) is 0.114. The summed E-state index contributed by atoms with van der Waals surface area (Å²) in [6.07, 6.45) is 1.59. The number of hydrogen-bond donors (Lipinski definition) is 2. The lowest BCUT2D eigenvalue weighted by molar-refractivity contribution is 0.444. The van der Waals surface area contributed by atoms with Crippen molar-refractivity contribution in [3.63, 3.8) is 0 Å². The number of hydrogen-bond acceptors (Lipinski definition) is 4. The molecule has 6 heteroatoms. The maximum absolute atomic E-state index is 12.1. The zero-order valence-corrected chi connectivity index (χ0v) is 19.0. The Hall–Kier alpha value is -1.40. The largest absolute Gasteiger partial charge is 0.507 e. The van der Waals surface area contributed by atoms with Crippen molar-refractivity contribution >= 4 is 16.2 Å². The summed E-state index contributed by atoms with van der Waals surface area (Å²) < 4.78 is 26.7. The molecule has 0 amide bonds. The number of aromatic hydroxyl groups is 1. The Morgan fingerprint density at radius 3 is 2.07 bits per heavy atom. The first-order chi connectivity index (χ1) is 12.0. The third-order valence-corrected chi connectivity index (χ3v) is 5.91. The van der Waals surface area contributed by atoms with E-state index < -0.39 is 16.1 Å². The molecule has 0 spiro atoms. The summed E-state index contributed by atoms with van der Waals surface area (Å²) in [5, 5.41) is 10.8. The number of aliphatic imine (C=N–C) groups is 1. The van der Waals surface area contributed by atoms with Gasteiger partial charge in [-0.25, -0.2) is 13.1 Å². The second-order valence-corrected chi connectivity index (χ2v) is 11.4. The molecule has 1 rings (SSSR count). The highest BCUT2D eigenvalue weighted by Gasteiger charge is 2.24. The second-order valence-electron chi connectivity index (χ2n) is 9.64. The van der Waals surface area contributed by atoms with E-state index in [1.165, 1.54) is 0 Å². The quantitative estimate of drug-likeness (QED) is 0.710. The van der Waals surface area contributed by atoms with E-state index in [2.05, 4.69) is 51.3 Å². The zero-order chi connectivity index (χ0) is 21.2. The van der Waals surface area contributed by atoms with Gasteiger partial charge in [0, 0.05) is 23.4 Å². The fourth-order valence-electron chi connectivity index (χ4n) is 2.74. The number of sulfonamides is 1. The number of nitrogens with one attached hydrogen (secondary N) is 1. The van der Waals surface area contributed by atoms with Crippen LogP contribution in [-0.4, -0.2) is 37.6 Å². The standard InChI is InChI=1S/C21H36N2O3S/c1-14(2)23-27(25,26)13-15(3)22-12-16-10-17(20(4,5)6)11-18(19(16)24)21(7,8)9/h10-12,14-15,23-24H,13H2,1-9H3/t15-/m0/s1. The molecule has 1 aromatic rings. The molecular weight excluding hydrogens is 360 g/mol. The molecular formula is C21H36N2O3S. The molecule has 0 aliphatic rings. The van der Waals surface area contributed by atoms with Crippen molar-refractivity contribution in [2.75, 3.05) is 5.75 Å². The molecule has 0 aliphatic heterocycles. The van der Waals surface area contributed by atoms with Crippen molar-refractivity contribution in [2.45, 2.75) is 85.2 Å². The van der Waals surface area contributed by atoms with E-state index in [-0.39, 0.29) is 28.4 Å². The van der Waals surface area contributed by atoms with Crippen LogP contribution in [0.5, 0.6) is 5.75 Å². The molecule has 0 saturated carbocycles. The number of nitrogens with zero attached hydrogens (tertiary/aromatic N) is 1. The van der Waals surface area contributed by atoms with Gasteiger partial charge in [0.1, 0.15) is 5.75 Å². The number of rotatable bonds is 6. The minimum absolute atomic E-state index is 0.0770. The maximum atomic E-state index is 12.1. The average Bonchev–Trinajstić information content (AvgIpc) is 2.41. The highest BCUT2D eigenvalue weighted by molar-refractivity contribution is 7.89. The fraction of sp³-hybridized carbons (Fsp3) is 0.667. The first-order valence-electron chi connectivity index (χ1n) is 9.44. The fourth-order valence-corrected chi connectivity index (χ4v) is 4.27. The third-order valence-electron chi connectivity index (χ3n) is 4.16. The van der Waals surface area contributed by atoms with Crippen molar-refractivity contribution in [2.24, 2.45) is 4.99 Å². The number of phenolic OH excluding ortho intramolecular Hbond substituents is 1. The summed E-state index contributed by atoms with van der Waals surface area (Å²) in [7, 11) is -3.38. The van der Waals surface area contributed by atoms with Gasteiger partial charge in [-0.15, -0.1) is 0 Å². The predicted octanol–water partition coefficient (Wildman–Crippen LogP) is 4.12. The van der Waals surface area contributed by atoms with Crippen LogP contribution in [0.3, 0.4) is 0 Å². The Balaban J connectivity index is 3.24. The Morgan fingerprint density at radius 1 is 1.07 bits per heavy atom. The molecule has 27 heavy (non-hydrogen) atoms. The molecule has 0 aliphatic carbocycles. The molecule has 0 radical (unpaired) electrons. The SMILES string of the molecule is CC(C)NS(=O)(=O)C[C@H](C)N=Cc1cc(C(C)(C)C)cc(C(C)(C)C)c1O. The first kappa shape index (κ1) is 23.6. The van der Waals surface area contributed by atoms with E-state index in [1.807, 2.05) is 12.1 Å². The number of phenols is 1. The highest BCUT2D eigenvalue weighted by atomic mass is 32.2. The van der Waals surface area contributed by atoms with Gasteiger partial charge in [-0.05, 0) is 43.2 Å². The molecule has 0 saturated heterocycles. The maximum Gasteiger partial charge on any atom is 0.213 e. The monoisotopic (exact) mass is 396 g/mol. The molecule has 0 unspecified atom stereocenters. The Labute approximate surface area is 165 Å². The van der Waals surface area contributed by atoms with E-state index in [0.717, 1.165) is 11.1 Å². The van der Waals surface area contributed by atoms with Crippen LogP contribution < -0.4 is 4.72 Å². The van der Waals surface area contributed by atoms with Crippen LogP contribution in [0.2, 0.25) is 0 Å². The number of benzene rings is 1. The molecule has 0 bridgehead atoms. The molecule has 0 fully saturated rings. The van der Waals surface area contributed by atoms with E-state index in [9.17, 15) is 13.5 Å². The van der Waals surface area contributed by atoms with Crippen LogP contribution in [0.25, 0.3) is 0 Å². The van der Waals surface area contributed by atoms with E-state index in [1.54, 1.807) is 27.0 Å². The van der Waals surface area contributed by atoms with Gasteiger partial charge in [0.25, 0.3) is 0 Å². The van der Waals surface area contributed by atoms with Gasteiger partial charge in [0.15, 0.2) is 0 Å². The normalized spacial score (nSPS) is 14.9. The second kappa shape index (κ2) is 8.31. The minimum atomic E-state index is -3.38. The van der Waals surface area contributed by atoms with Crippen LogP contribution in [0.15, 0.2) is 17.1 Å². The molecule has 1 atom stereocenters. The van der Waals surface area contributed by atoms with Gasteiger partial charge in [0.05, 0.1) is 11.8 Å². The van der Waals surface area contributed by atoms with E-state index in [0.29, 0.717) is 5.56 Å². The lowest BCUT2D eigenvalue weighted by Gasteiger charge is -2.27. The summed E-state index contributed by atoms with van der Waals surface area (Å²) in [6.45, 7) is 17.9. The van der Waals surface area contributed by atoms with E-state index >= 15 is 0 Å². The highest BCUT2D eigenvalue weighted by Crippen LogP contribution is 2.37. The smallest absolute Gasteiger partial charge is 0.213 e. The van der Waals surface area contributed by atoms with Gasteiger partial charge in [0.2, 0.25) is 10.0 Å². The lowest BCUT2D eigenvalue weighted by Crippen LogP contribution is -2.35. The van der Waals surface area contributed by atoms with Gasteiger partial charge in [-0.2, -0.15) is 0 Å². The third kappa shape index (κ3) is 7.26. The summed E-state index contributed by atoms with van der Waals surface area (Å²) in [6, 6.07) is 3.42. The van der Waals surface area contributed by atoms with Crippen molar-refractivity contribution in [1.29, 1.82) is 0 Å². The molecule has 0 aromatic heterocycles. The zero-order valence-electron chi connectivity index (χ0n) is 18.2. The molecule has 5 nitrogen and oxygen atoms in total. The van der Waals surface area contributed by atoms with Gasteiger partial charge in [-0.3, -0.25) is 4.99 Å². The van der Waals surface area contributed by atoms with Crippen molar-refractivity contribution < 1.29 is 13.5 Å². The average molecular weight is 397 g/mol. The summed E-state index contributed by atoms with van der Waals surface area (Å²) >= 11 is 0. The van der Waals surface area contributed by atoms with Crippen molar-refractivity contribution in [3.8, 4) is 5.75 Å².